The molecule has 2 nitrogen and oxygen atoms in total. The molecule has 0 aliphatic carbocycles. The SMILES string of the molecule is Cc1cc(Br)ccc1C(=O)N1CCC(C(C)Br)CC1. The molecule has 1 heterocycles. The fourth-order valence-electron chi connectivity index (χ4n) is 2.60. The first-order chi connectivity index (χ1) is 8.99. The first-order valence-electron chi connectivity index (χ1n) is 6.68. The molecule has 19 heavy (non-hydrogen) atoms. The van der Waals surface area contributed by atoms with Gasteiger partial charge in [0.05, 0.1) is 0 Å². The molecule has 0 N–H and O–H groups in total. The van der Waals surface area contributed by atoms with E-state index < -0.39 is 0 Å². The van der Waals surface area contributed by atoms with Crippen molar-refractivity contribution in [3.8, 4) is 0 Å². The van der Waals surface area contributed by atoms with Gasteiger partial charge in [0.2, 0.25) is 0 Å². The molecular formula is C15H19Br2NO. The van der Waals surface area contributed by atoms with Crippen LogP contribution in [-0.2, 0) is 0 Å². The Morgan fingerprint density at radius 3 is 2.53 bits per heavy atom. The summed E-state index contributed by atoms with van der Waals surface area (Å²) in [5, 5.41) is 0. The van der Waals surface area contributed by atoms with Crippen molar-refractivity contribution in [1.29, 1.82) is 0 Å². The third kappa shape index (κ3) is 3.60. The number of benzene rings is 1. The first-order valence-corrected chi connectivity index (χ1v) is 8.39. The van der Waals surface area contributed by atoms with Crippen LogP contribution in [0.5, 0.6) is 0 Å². The maximum Gasteiger partial charge on any atom is 0.254 e. The highest BCUT2D eigenvalue weighted by atomic mass is 79.9. The lowest BCUT2D eigenvalue weighted by atomic mass is 9.93. The van der Waals surface area contributed by atoms with Gasteiger partial charge in [-0.2, -0.15) is 0 Å². The predicted molar refractivity (Wildman–Crippen MR) is 85.9 cm³/mol. The van der Waals surface area contributed by atoms with E-state index in [2.05, 4.69) is 38.8 Å². The molecule has 1 aromatic carbocycles. The van der Waals surface area contributed by atoms with Gasteiger partial charge in [-0.3, -0.25) is 4.79 Å². The number of likely N-dealkylation sites (tertiary alicyclic amines) is 1. The summed E-state index contributed by atoms with van der Waals surface area (Å²) in [6.45, 7) is 5.93. The molecule has 1 aliphatic heterocycles. The summed E-state index contributed by atoms with van der Waals surface area (Å²) in [7, 11) is 0. The van der Waals surface area contributed by atoms with Crippen molar-refractivity contribution in [2.45, 2.75) is 31.5 Å². The van der Waals surface area contributed by atoms with E-state index in [9.17, 15) is 4.79 Å². The molecule has 104 valence electrons. The van der Waals surface area contributed by atoms with Crippen LogP contribution < -0.4 is 0 Å². The molecule has 1 amide bonds. The van der Waals surface area contributed by atoms with E-state index in [1.807, 2.05) is 30.0 Å². The van der Waals surface area contributed by atoms with E-state index in [4.69, 9.17) is 0 Å². The number of amides is 1. The molecule has 2 rings (SSSR count). The van der Waals surface area contributed by atoms with Crippen molar-refractivity contribution >= 4 is 37.8 Å². The summed E-state index contributed by atoms with van der Waals surface area (Å²) >= 11 is 7.08. The average Bonchev–Trinajstić information content (AvgIpc) is 2.38. The molecule has 1 atom stereocenters. The van der Waals surface area contributed by atoms with E-state index in [1.54, 1.807) is 0 Å². The second-order valence-electron chi connectivity index (χ2n) is 5.27. The van der Waals surface area contributed by atoms with E-state index in [1.165, 1.54) is 0 Å². The van der Waals surface area contributed by atoms with Crippen LogP contribution in [0.3, 0.4) is 0 Å². The summed E-state index contributed by atoms with van der Waals surface area (Å²) in [4.78, 5) is 15.0. The molecule has 1 saturated heterocycles. The Kier molecular flexibility index (Phi) is 5.07. The summed E-state index contributed by atoms with van der Waals surface area (Å²) in [5.41, 5.74) is 1.86. The topological polar surface area (TPSA) is 20.3 Å². The number of carbonyl (C=O) groups is 1. The number of carbonyl (C=O) groups excluding carboxylic acids is 1. The maximum atomic E-state index is 12.5. The van der Waals surface area contributed by atoms with Crippen LogP contribution in [0.4, 0.5) is 0 Å². The minimum absolute atomic E-state index is 0.172. The number of hydrogen-bond donors (Lipinski definition) is 0. The third-order valence-electron chi connectivity index (χ3n) is 3.90. The lowest BCUT2D eigenvalue weighted by Gasteiger charge is -2.33. The monoisotopic (exact) mass is 387 g/mol. The lowest BCUT2D eigenvalue weighted by Crippen LogP contribution is -2.40. The summed E-state index contributed by atoms with van der Waals surface area (Å²) in [6, 6.07) is 5.86. The quantitative estimate of drug-likeness (QED) is 0.688. The maximum absolute atomic E-state index is 12.5. The largest absolute Gasteiger partial charge is 0.339 e. The number of rotatable bonds is 2. The van der Waals surface area contributed by atoms with Gasteiger partial charge < -0.3 is 4.90 Å². The molecule has 1 aliphatic rings. The second kappa shape index (κ2) is 6.40. The number of alkyl halides is 1. The van der Waals surface area contributed by atoms with Gasteiger partial charge in [-0.1, -0.05) is 38.8 Å². The standard InChI is InChI=1S/C15H19Br2NO/c1-10-9-13(17)3-4-14(10)15(19)18-7-5-12(6-8-18)11(2)16/h3-4,9,11-12H,5-8H2,1-2H3. The van der Waals surface area contributed by atoms with Crippen LogP contribution in [0, 0.1) is 12.8 Å². The van der Waals surface area contributed by atoms with E-state index in [0.29, 0.717) is 10.7 Å². The highest BCUT2D eigenvalue weighted by Crippen LogP contribution is 2.26. The zero-order chi connectivity index (χ0) is 14.0. The molecule has 1 unspecified atom stereocenters. The van der Waals surface area contributed by atoms with Crippen LogP contribution in [0.2, 0.25) is 0 Å². The van der Waals surface area contributed by atoms with Crippen molar-refractivity contribution in [3.63, 3.8) is 0 Å². The Labute approximate surface area is 131 Å². The van der Waals surface area contributed by atoms with Crippen LogP contribution in [0.25, 0.3) is 0 Å². The number of aryl methyl sites for hydroxylation is 1. The normalized spacial score (nSPS) is 18.4. The Hall–Kier alpha value is -0.350. The second-order valence-corrected chi connectivity index (χ2v) is 7.63. The van der Waals surface area contributed by atoms with E-state index >= 15 is 0 Å². The highest BCUT2D eigenvalue weighted by molar-refractivity contribution is 9.10. The number of hydrogen-bond acceptors (Lipinski definition) is 1. The van der Waals surface area contributed by atoms with Gasteiger partial charge in [0.1, 0.15) is 0 Å². The zero-order valence-electron chi connectivity index (χ0n) is 11.3. The Morgan fingerprint density at radius 1 is 1.37 bits per heavy atom. The molecule has 0 aromatic heterocycles. The highest BCUT2D eigenvalue weighted by Gasteiger charge is 2.26. The van der Waals surface area contributed by atoms with E-state index in [-0.39, 0.29) is 5.91 Å². The van der Waals surface area contributed by atoms with Gasteiger partial charge in [-0.05, 0) is 49.4 Å². The van der Waals surface area contributed by atoms with Crippen molar-refractivity contribution in [2.24, 2.45) is 5.92 Å². The van der Waals surface area contributed by atoms with Crippen LogP contribution in [0.1, 0.15) is 35.7 Å². The first kappa shape index (κ1) is 15.0. The van der Waals surface area contributed by atoms with Crippen LogP contribution >= 0.6 is 31.9 Å². The molecule has 0 saturated carbocycles. The lowest BCUT2D eigenvalue weighted by molar-refractivity contribution is 0.0691. The number of piperidine rings is 1. The Bertz CT molecular complexity index is 465. The molecule has 0 spiro atoms. The molecule has 0 radical (unpaired) electrons. The van der Waals surface area contributed by atoms with Crippen LogP contribution in [0.15, 0.2) is 22.7 Å². The minimum atomic E-state index is 0.172. The summed E-state index contributed by atoms with van der Waals surface area (Å²) in [6.07, 6.45) is 2.18. The minimum Gasteiger partial charge on any atom is -0.339 e. The number of halogens is 2. The van der Waals surface area contributed by atoms with Gasteiger partial charge in [-0.25, -0.2) is 0 Å². The number of nitrogens with zero attached hydrogens (tertiary/aromatic N) is 1. The van der Waals surface area contributed by atoms with Gasteiger partial charge in [0.25, 0.3) is 5.91 Å². The molecule has 0 bridgehead atoms. The zero-order valence-corrected chi connectivity index (χ0v) is 14.5. The average molecular weight is 389 g/mol. The fourth-order valence-corrected chi connectivity index (χ4v) is 3.60. The van der Waals surface area contributed by atoms with Crippen molar-refractivity contribution < 1.29 is 4.79 Å². The Morgan fingerprint density at radius 2 is 2.00 bits per heavy atom. The predicted octanol–water partition coefficient (Wildman–Crippen LogP) is 4.39. The van der Waals surface area contributed by atoms with E-state index in [0.717, 1.165) is 41.5 Å². The fraction of sp³-hybridized carbons (Fsp3) is 0.533. The van der Waals surface area contributed by atoms with Crippen molar-refractivity contribution in [3.05, 3.63) is 33.8 Å². The smallest absolute Gasteiger partial charge is 0.254 e. The molecule has 1 fully saturated rings. The van der Waals surface area contributed by atoms with Crippen molar-refractivity contribution in [2.75, 3.05) is 13.1 Å². The van der Waals surface area contributed by atoms with Gasteiger partial charge in [-0.15, -0.1) is 0 Å². The van der Waals surface area contributed by atoms with Gasteiger partial charge >= 0.3 is 0 Å². The third-order valence-corrected chi connectivity index (χ3v) is 5.14. The molecular weight excluding hydrogens is 370 g/mol. The van der Waals surface area contributed by atoms with Gasteiger partial charge in [0.15, 0.2) is 0 Å². The van der Waals surface area contributed by atoms with Gasteiger partial charge in [0, 0.05) is 28.0 Å². The molecule has 1 aromatic rings. The molecule has 4 heteroatoms. The Balaban J connectivity index is 2.05. The van der Waals surface area contributed by atoms with Crippen LogP contribution in [-0.4, -0.2) is 28.7 Å². The summed E-state index contributed by atoms with van der Waals surface area (Å²) in [5.74, 6) is 0.862. The summed E-state index contributed by atoms with van der Waals surface area (Å²) < 4.78 is 1.02. The van der Waals surface area contributed by atoms with Crippen molar-refractivity contribution in [1.82, 2.24) is 4.90 Å².